The van der Waals surface area contributed by atoms with Crippen molar-refractivity contribution in [1.29, 1.82) is 10.5 Å². The summed E-state index contributed by atoms with van der Waals surface area (Å²) in [6.07, 6.45) is 0. The topological polar surface area (TPSA) is 97.0 Å². The molecule has 4 aromatic rings. The summed E-state index contributed by atoms with van der Waals surface area (Å²) >= 11 is 0. The largest absolute Gasteiger partial charge is 0.192 e. The molecule has 0 fully saturated rings. The van der Waals surface area contributed by atoms with Gasteiger partial charge in [-0.1, -0.05) is 42.0 Å². The maximum absolute atomic E-state index is 9.45. The molecular formula is C26H18N6. The Balaban J connectivity index is 1.75. The van der Waals surface area contributed by atoms with Gasteiger partial charge in [-0.05, 0) is 55.8 Å². The molecule has 152 valence electrons. The summed E-state index contributed by atoms with van der Waals surface area (Å²) in [7, 11) is 0. The Morgan fingerprint density at radius 3 is 1.66 bits per heavy atom. The fourth-order valence-corrected chi connectivity index (χ4v) is 3.33. The minimum absolute atomic E-state index is 0.271. The van der Waals surface area contributed by atoms with Crippen LogP contribution in [0.4, 0.5) is 22.7 Å². The molecule has 0 amide bonds. The van der Waals surface area contributed by atoms with Crippen molar-refractivity contribution >= 4 is 33.5 Å². The Kier molecular flexibility index (Phi) is 5.78. The van der Waals surface area contributed by atoms with Gasteiger partial charge >= 0.3 is 0 Å². The molecule has 6 nitrogen and oxygen atoms in total. The number of nitriles is 2. The predicted molar refractivity (Wildman–Crippen MR) is 124 cm³/mol. The molecule has 0 aromatic heterocycles. The van der Waals surface area contributed by atoms with Gasteiger partial charge in [0.1, 0.15) is 17.8 Å². The second kappa shape index (κ2) is 8.99. The first-order valence-corrected chi connectivity index (χ1v) is 9.96. The lowest BCUT2D eigenvalue weighted by Gasteiger charge is -2.05. The molecule has 0 unspecified atom stereocenters. The number of hydrogen-bond donors (Lipinski definition) is 0. The maximum atomic E-state index is 9.45. The minimum atomic E-state index is 0.271. The monoisotopic (exact) mass is 414 g/mol. The number of fused-ring (bicyclic) bond motifs is 1. The summed E-state index contributed by atoms with van der Waals surface area (Å²) in [6, 6.07) is 26.8. The highest BCUT2D eigenvalue weighted by atomic mass is 15.1. The van der Waals surface area contributed by atoms with E-state index >= 15 is 0 Å². The van der Waals surface area contributed by atoms with E-state index in [2.05, 4.69) is 32.6 Å². The van der Waals surface area contributed by atoms with Crippen LogP contribution in [0.3, 0.4) is 0 Å². The Labute approximate surface area is 185 Å². The van der Waals surface area contributed by atoms with Crippen LogP contribution in [-0.2, 0) is 0 Å². The highest BCUT2D eigenvalue weighted by molar-refractivity contribution is 5.99. The van der Waals surface area contributed by atoms with Gasteiger partial charge in [0.05, 0.1) is 28.2 Å². The van der Waals surface area contributed by atoms with E-state index in [-0.39, 0.29) is 5.69 Å². The number of benzene rings is 4. The van der Waals surface area contributed by atoms with E-state index in [0.29, 0.717) is 22.5 Å². The zero-order valence-electron chi connectivity index (χ0n) is 17.6. The summed E-state index contributed by atoms with van der Waals surface area (Å²) in [5.41, 5.74) is 5.00. The summed E-state index contributed by atoms with van der Waals surface area (Å²) in [5.74, 6) is 0. The lowest BCUT2D eigenvalue weighted by atomic mass is 10.1. The van der Waals surface area contributed by atoms with Crippen LogP contribution in [0.15, 0.2) is 93.3 Å². The first kappa shape index (κ1) is 20.6. The number of aryl methyl sites for hydroxylation is 2. The third-order valence-electron chi connectivity index (χ3n) is 4.94. The summed E-state index contributed by atoms with van der Waals surface area (Å²) in [6.45, 7) is 3.86. The second-order valence-electron chi connectivity index (χ2n) is 7.32. The first-order chi connectivity index (χ1) is 15.6. The molecule has 0 N–H and O–H groups in total. The summed E-state index contributed by atoms with van der Waals surface area (Å²) < 4.78 is 0. The van der Waals surface area contributed by atoms with Crippen molar-refractivity contribution in [3.63, 3.8) is 0 Å². The van der Waals surface area contributed by atoms with Gasteiger partial charge in [-0.15, -0.1) is 15.3 Å². The van der Waals surface area contributed by atoms with Gasteiger partial charge < -0.3 is 0 Å². The second-order valence-corrected chi connectivity index (χ2v) is 7.32. The Hall–Kier alpha value is -4.68. The molecule has 0 bridgehead atoms. The maximum Gasteiger partial charge on any atom is 0.121 e. The predicted octanol–water partition coefficient (Wildman–Crippen LogP) is 8.03. The van der Waals surface area contributed by atoms with Gasteiger partial charge in [0.15, 0.2) is 0 Å². The van der Waals surface area contributed by atoms with Crippen LogP contribution < -0.4 is 0 Å². The van der Waals surface area contributed by atoms with Gasteiger partial charge in [0.25, 0.3) is 0 Å². The van der Waals surface area contributed by atoms with E-state index in [1.807, 2.05) is 74.5 Å². The van der Waals surface area contributed by atoms with Crippen LogP contribution in [0.5, 0.6) is 0 Å². The Morgan fingerprint density at radius 1 is 0.594 bits per heavy atom. The number of azo groups is 2. The van der Waals surface area contributed by atoms with Gasteiger partial charge in [0, 0.05) is 10.8 Å². The van der Waals surface area contributed by atoms with E-state index in [0.717, 1.165) is 27.6 Å². The third kappa shape index (κ3) is 4.26. The summed E-state index contributed by atoms with van der Waals surface area (Å²) in [5, 5.41) is 38.0. The summed E-state index contributed by atoms with van der Waals surface area (Å²) in [4.78, 5) is 0. The van der Waals surface area contributed by atoms with Gasteiger partial charge in [-0.3, -0.25) is 0 Å². The molecule has 0 aliphatic carbocycles. The van der Waals surface area contributed by atoms with Crippen LogP contribution in [0.25, 0.3) is 10.8 Å². The third-order valence-corrected chi connectivity index (χ3v) is 4.94. The highest BCUT2D eigenvalue weighted by Gasteiger charge is 2.10. The van der Waals surface area contributed by atoms with Crippen molar-refractivity contribution in [1.82, 2.24) is 0 Å². The molecule has 0 saturated carbocycles. The SMILES string of the molecule is Cc1ccc(N=Nc2ccc(N=Nc3c(C#N)cc(C)cc3C#N)c3ccccc23)cc1. The van der Waals surface area contributed by atoms with E-state index in [1.165, 1.54) is 0 Å². The van der Waals surface area contributed by atoms with Gasteiger partial charge in [-0.25, -0.2) is 0 Å². The van der Waals surface area contributed by atoms with Crippen molar-refractivity contribution in [2.45, 2.75) is 13.8 Å². The van der Waals surface area contributed by atoms with E-state index in [4.69, 9.17) is 0 Å². The number of rotatable bonds is 4. The lowest BCUT2D eigenvalue weighted by Crippen LogP contribution is -1.85. The van der Waals surface area contributed by atoms with Crippen LogP contribution >= 0.6 is 0 Å². The quantitative estimate of drug-likeness (QED) is 0.316. The molecule has 32 heavy (non-hydrogen) atoms. The van der Waals surface area contributed by atoms with Crippen LogP contribution in [0.2, 0.25) is 0 Å². The molecule has 4 rings (SSSR count). The van der Waals surface area contributed by atoms with E-state index in [9.17, 15) is 10.5 Å². The van der Waals surface area contributed by atoms with E-state index in [1.54, 1.807) is 12.1 Å². The Bertz CT molecular complexity index is 1420. The molecule has 4 aromatic carbocycles. The smallest absolute Gasteiger partial charge is 0.121 e. The number of hydrogen-bond acceptors (Lipinski definition) is 6. The first-order valence-electron chi connectivity index (χ1n) is 9.96. The lowest BCUT2D eigenvalue weighted by molar-refractivity contribution is 1.21. The highest BCUT2D eigenvalue weighted by Crippen LogP contribution is 2.36. The zero-order chi connectivity index (χ0) is 22.5. The van der Waals surface area contributed by atoms with Gasteiger partial charge in [0.2, 0.25) is 0 Å². The van der Waals surface area contributed by atoms with Crippen molar-refractivity contribution in [2.75, 3.05) is 0 Å². The van der Waals surface area contributed by atoms with Crippen molar-refractivity contribution in [3.8, 4) is 12.1 Å². The molecule has 0 saturated heterocycles. The Morgan fingerprint density at radius 2 is 1.12 bits per heavy atom. The fraction of sp³-hybridized carbons (Fsp3) is 0.0769. The molecule has 0 aliphatic heterocycles. The molecular weight excluding hydrogens is 396 g/mol. The van der Waals surface area contributed by atoms with E-state index < -0.39 is 0 Å². The average Bonchev–Trinajstić information content (AvgIpc) is 2.82. The fourth-order valence-electron chi connectivity index (χ4n) is 3.33. The number of nitrogens with zero attached hydrogens (tertiary/aromatic N) is 6. The minimum Gasteiger partial charge on any atom is -0.192 e. The van der Waals surface area contributed by atoms with Gasteiger partial charge in [-0.2, -0.15) is 15.6 Å². The molecule has 0 radical (unpaired) electrons. The molecule has 0 heterocycles. The zero-order valence-corrected chi connectivity index (χ0v) is 17.6. The van der Waals surface area contributed by atoms with Crippen molar-refractivity contribution < 1.29 is 0 Å². The molecule has 0 atom stereocenters. The van der Waals surface area contributed by atoms with Crippen LogP contribution in [-0.4, -0.2) is 0 Å². The normalized spacial score (nSPS) is 11.1. The average molecular weight is 414 g/mol. The van der Waals surface area contributed by atoms with Crippen molar-refractivity contribution in [3.05, 3.63) is 95.1 Å². The standard InChI is InChI=1S/C26H18N6/c1-17-7-9-21(10-8-17)29-30-24-11-12-25(23-6-4-3-5-22(23)24)31-32-26-19(15-27)13-18(2)14-20(26)16-28/h3-14H,1-2H3. The molecule has 6 heteroatoms. The molecule has 0 aliphatic rings. The molecule has 0 spiro atoms. The van der Waals surface area contributed by atoms with Crippen LogP contribution in [0.1, 0.15) is 22.3 Å². The van der Waals surface area contributed by atoms with Crippen molar-refractivity contribution in [2.24, 2.45) is 20.5 Å². The van der Waals surface area contributed by atoms with Crippen LogP contribution in [0, 0.1) is 36.5 Å².